The fraction of sp³-hybridized carbons (Fsp3) is 0.600. The zero-order valence-corrected chi connectivity index (χ0v) is 18.2. The van der Waals surface area contributed by atoms with Gasteiger partial charge in [0.05, 0.1) is 18.7 Å². The molecule has 2 aliphatic rings. The van der Waals surface area contributed by atoms with Gasteiger partial charge in [0, 0.05) is 39.3 Å². The number of amides is 1. The van der Waals surface area contributed by atoms with Crippen LogP contribution in [-0.4, -0.2) is 72.9 Å². The van der Waals surface area contributed by atoms with Crippen molar-refractivity contribution in [1.82, 2.24) is 19.3 Å². The van der Waals surface area contributed by atoms with E-state index in [4.69, 9.17) is 8.94 Å². The number of aryl methyl sites for hydroxylation is 2. The summed E-state index contributed by atoms with van der Waals surface area (Å²) in [5.41, 5.74) is 0.355. The highest BCUT2D eigenvalue weighted by molar-refractivity contribution is 7.89. The van der Waals surface area contributed by atoms with Crippen molar-refractivity contribution in [3.8, 4) is 0 Å². The Morgan fingerprint density at radius 1 is 1.20 bits per heavy atom. The number of aromatic nitrogens is 1. The molecular formula is C20H28N4O5S. The van der Waals surface area contributed by atoms with E-state index in [1.165, 1.54) is 4.31 Å². The molecule has 0 saturated carbocycles. The topological polar surface area (TPSA) is 100 Å². The maximum Gasteiger partial charge on any atom is 0.248 e. The minimum atomic E-state index is -3.73. The van der Waals surface area contributed by atoms with Crippen LogP contribution in [0.3, 0.4) is 0 Å². The Kier molecular flexibility index (Phi) is 5.99. The third-order valence-electron chi connectivity index (χ3n) is 5.94. The number of carbonyl (C=O) groups is 1. The van der Waals surface area contributed by atoms with Gasteiger partial charge in [0.15, 0.2) is 5.76 Å². The summed E-state index contributed by atoms with van der Waals surface area (Å²) < 4.78 is 38.1. The Balaban J connectivity index is 1.37. The predicted octanol–water partition coefficient (Wildman–Crippen LogP) is 1.63. The second-order valence-corrected chi connectivity index (χ2v) is 9.91. The fourth-order valence-electron chi connectivity index (χ4n) is 4.34. The molecule has 2 aromatic rings. The van der Waals surface area contributed by atoms with Crippen LogP contribution in [0.15, 0.2) is 32.2 Å². The number of sulfonamides is 1. The first-order valence-electron chi connectivity index (χ1n) is 10.3. The number of piperazine rings is 1. The number of carbonyl (C=O) groups excluding carboxylic acids is 1. The molecule has 4 heterocycles. The lowest BCUT2D eigenvalue weighted by Gasteiger charge is -2.38. The van der Waals surface area contributed by atoms with Gasteiger partial charge in [0.25, 0.3) is 0 Å². The van der Waals surface area contributed by atoms with E-state index in [0.717, 1.165) is 25.4 Å². The minimum absolute atomic E-state index is 0.0475. The predicted molar refractivity (Wildman–Crippen MR) is 108 cm³/mol. The lowest BCUT2D eigenvalue weighted by atomic mass is 9.98. The van der Waals surface area contributed by atoms with E-state index in [1.807, 2.05) is 17.0 Å². The van der Waals surface area contributed by atoms with Gasteiger partial charge >= 0.3 is 0 Å². The fourth-order valence-corrected chi connectivity index (χ4v) is 6.16. The van der Waals surface area contributed by atoms with E-state index >= 15 is 0 Å². The molecule has 0 radical (unpaired) electrons. The molecule has 4 rings (SSSR count). The Morgan fingerprint density at radius 2 is 1.97 bits per heavy atom. The van der Waals surface area contributed by atoms with Crippen LogP contribution in [0.25, 0.3) is 0 Å². The van der Waals surface area contributed by atoms with Crippen LogP contribution < -0.4 is 0 Å². The molecule has 2 fully saturated rings. The van der Waals surface area contributed by atoms with Crippen LogP contribution in [0.4, 0.5) is 0 Å². The van der Waals surface area contributed by atoms with Gasteiger partial charge in [0.2, 0.25) is 15.9 Å². The van der Waals surface area contributed by atoms with Crippen molar-refractivity contribution in [1.29, 1.82) is 0 Å². The summed E-state index contributed by atoms with van der Waals surface area (Å²) in [6, 6.07) is 3.83. The van der Waals surface area contributed by atoms with Crippen LogP contribution in [0.2, 0.25) is 0 Å². The van der Waals surface area contributed by atoms with E-state index in [0.29, 0.717) is 38.2 Å². The van der Waals surface area contributed by atoms with E-state index < -0.39 is 10.0 Å². The summed E-state index contributed by atoms with van der Waals surface area (Å²) in [5.74, 6) is 0.938. The van der Waals surface area contributed by atoms with Gasteiger partial charge in [-0.3, -0.25) is 9.69 Å². The van der Waals surface area contributed by atoms with Gasteiger partial charge in [-0.1, -0.05) is 5.16 Å². The maximum absolute atomic E-state index is 13.1. The number of furan rings is 1. The Morgan fingerprint density at radius 3 is 2.60 bits per heavy atom. The van der Waals surface area contributed by atoms with Crippen molar-refractivity contribution in [2.24, 2.45) is 5.92 Å². The summed E-state index contributed by atoms with van der Waals surface area (Å²) in [6.07, 6.45) is 3.04. The second kappa shape index (κ2) is 8.52. The Labute approximate surface area is 176 Å². The molecular weight excluding hydrogens is 408 g/mol. The van der Waals surface area contributed by atoms with E-state index in [2.05, 4.69) is 10.1 Å². The van der Waals surface area contributed by atoms with Crippen molar-refractivity contribution >= 4 is 15.9 Å². The normalized spacial score (nSPS) is 21.8. The van der Waals surface area contributed by atoms with Crippen LogP contribution in [0, 0.1) is 19.8 Å². The summed E-state index contributed by atoms with van der Waals surface area (Å²) in [6.45, 7) is 7.42. The molecule has 2 aliphatic heterocycles. The molecule has 1 atom stereocenters. The standard InChI is InChI=1S/C20H28N4O5S/c1-15-19(16(2)29-21-15)30(26,27)24-7-3-5-17(13-24)20(25)23-10-8-22(9-11-23)14-18-6-4-12-28-18/h4,6,12,17H,3,5,7-11,13-14H2,1-2H3. The SMILES string of the molecule is Cc1noc(C)c1S(=O)(=O)N1CCCC(C(=O)N2CCN(Cc3ccco3)CC2)C1. The highest BCUT2D eigenvalue weighted by atomic mass is 32.2. The van der Waals surface area contributed by atoms with Crippen molar-refractivity contribution in [3.63, 3.8) is 0 Å². The number of rotatable bonds is 5. The highest BCUT2D eigenvalue weighted by Crippen LogP contribution is 2.28. The van der Waals surface area contributed by atoms with Crippen molar-refractivity contribution < 1.29 is 22.2 Å². The third kappa shape index (κ3) is 4.17. The summed E-state index contributed by atoms with van der Waals surface area (Å²) in [5, 5.41) is 3.77. The molecule has 164 valence electrons. The smallest absolute Gasteiger partial charge is 0.248 e. The van der Waals surface area contributed by atoms with Crippen molar-refractivity contribution in [2.45, 2.75) is 38.1 Å². The van der Waals surface area contributed by atoms with E-state index in [1.54, 1.807) is 20.1 Å². The molecule has 10 heteroatoms. The zero-order valence-electron chi connectivity index (χ0n) is 17.4. The monoisotopic (exact) mass is 436 g/mol. The molecule has 30 heavy (non-hydrogen) atoms. The largest absolute Gasteiger partial charge is 0.468 e. The second-order valence-electron chi connectivity index (χ2n) is 8.04. The van der Waals surface area contributed by atoms with Crippen molar-refractivity contribution in [2.75, 3.05) is 39.3 Å². The average molecular weight is 437 g/mol. The highest BCUT2D eigenvalue weighted by Gasteiger charge is 2.38. The lowest BCUT2D eigenvalue weighted by Crippen LogP contribution is -2.52. The van der Waals surface area contributed by atoms with Crippen LogP contribution in [-0.2, 0) is 21.4 Å². The van der Waals surface area contributed by atoms with E-state index in [9.17, 15) is 13.2 Å². The van der Waals surface area contributed by atoms with Crippen LogP contribution >= 0.6 is 0 Å². The summed E-state index contributed by atoms with van der Waals surface area (Å²) in [4.78, 5) is 17.4. The summed E-state index contributed by atoms with van der Waals surface area (Å²) >= 11 is 0. The number of nitrogens with zero attached hydrogens (tertiary/aromatic N) is 4. The van der Waals surface area contributed by atoms with Crippen LogP contribution in [0.1, 0.15) is 30.1 Å². The van der Waals surface area contributed by atoms with Gasteiger partial charge in [-0.25, -0.2) is 8.42 Å². The molecule has 0 spiro atoms. The van der Waals surface area contributed by atoms with Gasteiger partial charge in [0.1, 0.15) is 16.3 Å². The quantitative estimate of drug-likeness (QED) is 0.702. The van der Waals surface area contributed by atoms with Crippen molar-refractivity contribution in [3.05, 3.63) is 35.6 Å². The number of hydrogen-bond acceptors (Lipinski definition) is 7. The molecule has 0 N–H and O–H groups in total. The molecule has 9 nitrogen and oxygen atoms in total. The molecule has 1 amide bonds. The minimum Gasteiger partial charge on any atom is -0.468 e. The summed E-state index contributed by atoms with van der Waals surface area (Å²) in [7, 11) is -3.73. The zero-order chi connectivity index (χ0) is 21.3. The van der Waals surface area contributed by atoms with Gasteiger partial charge in [-0.15, -0.1) is 0 Å². The molecule has 0 aromatic carbocycles. The molecule has 2 saturated heterocycles. The first kappa shape index (κ1) is 21.1. The third-order valence-corrected chi connectivity index (χ3v) is 8.05. The van der Waals surface area contributed by atoms with E-state index in [-0.39, 0.29) is 29.0 Å². The van der Waals surface area contributed by atoms with Gasteiger partial charge < -0.3 is 13.8 Å². The Bertz CT molecular complexity index is 958. The first-order valence-corrected chi connectivity index (χ1v) is 11.8. The molecule has 0 aliphatic carbocycles. The number of hydrogen-bond donors (Lipinski definition) is 0. The molecule has 0 bridgehead atoms. The molecule has 2 aromatic heterocycles. The van der Waals surface area contributed by atoms with Crippen LogP contribution in [0.5, 0.6) is 0 Å². The van der Waals surface area contributed by atoms with Gasteiger partial charge in [-0.05, 0) is 38.8 Å². The lowest BCUT2D eigenvalue weighted by molar-refractivity contribution is -0.138. The van der Waals surface area contributed by atoms with Gasteiger partial charge in [-0.2, -0.15) is 4.31 Å². The average Bonchev–Trinajstić information content (AvgIpc) is 3.37. The Hall–Kier alpha value is -2.17. The maximum atomic E-state index is 13.1. The number of piperidine rings is 1. The first-order chi connectivity index (χ1) is 14.4. The molecule has 1 unspecified atom stereocenters.